The Hall–Kier alpha value is -0.570. The molecule has 1 aliphatic carbocycles. The molecule has 3 heteroatoms. The summed E-state index contributed by atoms with van der Waals surface area (Å²) < 4.78 is 5.62. The van der Waals surface area contributed by atoms with Crippen LogP contribution in [-0.2, 0) is 9.53 Å². The smallest absolute Gasteiger partial charge is 0.303 e. The van der Waals surface area contributed by atoms with Crippen LogP contribution in [0.5, 0.6) is 0 Å². The van der Waals surface area contributed by atoms with Gasteiger partial charge in [-0.1, -0.05) is 20.3 Å². The highest BCUT2D eigenvalue weighted by Gasteiger charge is 2.47. The van der Waals surface area contributed by atoms with Crippen molar-refractivity contribution in [2.75, 3.05) is 6.54 Å². The highest BCUT2D eigenvalue weighted by Crippen LogP contribution is 2.44. The van der Waals surface area contributed by atoms with Crippen LogP contribution in [0.3, 0.4) is 0 Å². The van der Waals surface area contributed by atoms with Crippen LogP contribution < -0.4 is 5.73 Å². The van der Waals surface area contributed by atoms with Crippen molar-refractivity contribution in [1.29, 1.82) is 0 Å². The second-order valence-electron chi connectivity index (χ2n) is 5.24. The zero-order chi connectivity index (χ0) is 11.5. The van der Waals surface area contributed by atoms with Crippen LogP contribution >= 0.6 is 0 Å². The van der Waals surface area contributed by atoms with E-state index in [1.165, 1.54) is 13.3 Å². The van der Waals surface area contributed by atoms with E-state index in [0.29, 0.717) is 6.54 Å². The Kier molecular flexibility index (Phi) is 3.77. The maximum absolute atomic E-state index is 11.2. The lowest BCUT2D eigenvalue weighted by Crippen LogP contribution is -2.52. The van der Waals surface area contributed by atoms with E-state index in [4.69, 9.17) is 10.5 Å². The minimum atomic E-state index is -0.328. The molecule has 2 N–H and O–H groups in total. The molecule has 1 aliphatic rings. The van der Waals surface area contributed by atoms with Crippen molar-refractivity contribution in [2.45, 2.75) is 58.5 Å². The van der Waals surface area contributed by atoms with Gasteiger partial charge < -0.3 is 10.5 Å². The molecule has 0 radical (unpaired) electrons. The molecular formula is C12H23NO2. The van der Waals surface area contributed by atoms with Crippen molar-refractivity contribution in [3.63, 3.8) is 0 Å². The van der Waals surface area contributed by atoms with Crippen molar-refractivity contribution in [3.05, 3.63) is 0 Å². The normalized spacial score (nSPS) is 21.1. The number of ether oxygens (including phenoxy) is 1. The average molecular weight is 213 g/mol. The molecule has 3 nitrogen and oxygen atoms in total. The highest BCUT2D eigenvalue weighted by molar-refractivity contribution is 5.66. The molecule has 0 spiro atoms. The minimum absolute atomic E-state index is 0.126. The van der Waals surface area contributed by atoms with Crippen molar-refractivity contribution >= 4 is 5.97 Å². The predicted molar refractivity (Wildman–Crippen MR) is 60.4 cm³/mol. The van der Waals surface area contributed by atoms with E-state index >= 15 is 0 Å². The lowest BCUT2D eigenvalue weighted by molar-refractivity contribution is -0.177. The first-order valence-electron chi connectivity index (χ1n) is 5.83. The summed E-state index contributed by atoms with van der Waals surface area (Å²) >= 11 is 0. The third-order valence-corrected chi connectivity index (χ3v) is 3.74. The van der Waals surface area contributed by atoms with Gasteiger partial charge >= 0.3 is 5.97 Å². The summed E-state index contributed by atoms with van der Waals surface area (Å²) in [6.07, 6.45) is 5.42. The summed E-state index contributed by atoms with van der Waals surface area (Å²) in [7, 11) is 0. The molecule has 0 heterocycles. The van der Waals surface area contributed by atoms with Crippen molar-refractivity contribution in [2.24, 2.45) is 11.1 Å². The van der Waals surface area contributed by atoms with Crippen LogP contribution in [0.25, 0.3) is 0 Å². The quantitative estimate of drug-likeness (QED) is 0.731. The topological polar surface area (TPSA) is 52.3 Å². The van der Waals surface area contributed by atoms with Crippen LogP contribution in [0, 0.1) is 5.41 Å². The maximum Gasteiger partial charge on any atom is 0.303 e. The van der Waals surface area contributed by atoms with Gasteiger partial charge in [-0.25, -0.2) is 0 Å². The van der Waals surface area contributed by atoms with Gasteiger partial charge in [0.15, 0.2) is 0 Å². The van der Waals surface area contributed by atoms with E-state index in [1.807, 2.05) is 0 Å². The molecule has 88 valence electrons. The predicted octanol–water partition coefficient (Wildman–Crippen LogP) is 2.24. The van der Waals surface area contributed by atoms with Crippen LogP contribution in [0.2, 0.25) is 0 Å². The summed E-state index contributed by atoms with van der Waals surface area (Å²) in [6.45, 7) is 6.24. The second-order valence-corrected chi connectivity index (χ2v) is 5.24. The largest absolute Gasteiger partial charge is 0.459 e. The van der Waals surface area contributed by atoms with Crippen molar-refractivity contribution < 1.29 is 9.53 Å². The zero-order valence-corrected chi connectivity index (χ0v) is 10.1. The SMILES string of the molecule is CC(=O)OC1(C(C)(C)CN)CCCCC1. The van der Waals surface area contributed by atoms with Crippen LogP contribution in [-0.4, -0.2) is 18.1 Å². The lowest BCUT2D eigenvalue weighted by Gasteiger charge is -2.47. The number of nitrogens with two attached hydrogens (primary N) is 1. The van der Waals surface area contributed by atoms with Crippen LogP contribution in [0.4, 0.5) is 0 Å². The Morgan fingerprint density at radius 1 is 1.33 bits per heavy atom. The first kappa shape index (κ1) is 12.5. The van der Waals surface area contributed by atoms with Gasteiger partial charge in [0.2, 0.25) is 0 Å². The molecule has 0 aromatic rings. The summed E-state index contributed by atoms with van der Waals surface area (Å²) in [5.74, 6) is -0.182. The van der Waals surface area contributed by atoms with Gasteiger partial charge in [-0.15, -0.1) is 0 Å². The zero-order valence-electron chi connectivity index (χ0n) is 10.1. The van der Waals surface area contributed by atoms with E-state index in [9.17, 15) is 4.79 Å². The van der Waals surface area contributed by atoms with Gasteiger partial charge in [0.25, 0.3) is 0 Å². The number of esters is 1. The van der Waals surface area contributed by atoms with E-state index in [1.54, 1.807) is 0 Å². The van der Waals surface area contributed by atoms with Gasteiger partial charge in [0, 0.05) is 18.9 Å². The van der Waals surface area contributed by atoms with E-state index in [2.05, 4.69) is 13.8 Å². The first-order valence-corrected chi connectivity index (χ1v) is 5.83. The van der Waals surface area contributed by atoms with Crippen LogP contribution in [0.15, 0.2) is 0 Å². The fourth-order valence-electron chi connectivity index (χ4n) is 2.50. The number of hydrogen-bond acceptors (Lipinski definition) is 3. The van der Waals surface area contributed by atoms with Gasteiger partial charge in [0.1, 0.15) is 5.60 Å². The molecule has 0 saturated heterocycles. The Morgan fingerprint density at radius 3 is 2.27 bits per heavy atom. The summed E-state index contributed by atoms with van der Waals surface area (Å²) in [4.78, 5) is 11.2. The van der Waals surface area contributed by atoms with Gasteiger partial charge in [0.05, 0.1) is 0 Å². The monoisotopic (exact) mass is 213 g/mol. The summed E-state index contributed by atoms with van der Waals surface area (Å²) in [6, 6.07) is 0. The molecule has 0 aromatic carbocycles. The molecule has 0 atom stereocenters. The standard InChI is InChI=1S/C12H23NO2/c1-10(14)15-12(11(2,3)9-13)7-5-4-6-8-12/h4-9,13H2,1-3H3. The third kappa shape index (κ3) is 2.51. The number of hydrogen-bond donors (Lipinski definition) is 1. The van der Waals surface area contributed by atoms with E-state index < -0.39 is 0 Å². The molecule has 0 aliphatic heterocycles. The number of rotatable bonds is 3. The average Bonchev–Trinajstić information content (AvgIpc) is 2.18. The summed E-state index contributed by atoms with van der Waals surface area (Å²) in [5, 5.41) is 0. The fraction of sp³-hybridized carbons (Fsp3) is 0.917. The highest BCUT2D eigenvalue weighted by atomic mass is 16.6. The molecule has 0 bridgehead atoms. The number of carbonyl (C=O) groups is 1. The lowest BCUT2D eigenvalue weighted by atomic mass is 9.67. The fourth-order valence-corrected chi connectivity index (χ4v) is 2.50. The Morgan fingerprint density at radius 2 is 1.87 bits per heavy atom. The van der Waals surface area contributed by atoms with Gasteiger partial charge in [-0.2, -0.15) is 0 Å². The Balaban J connectivity index is 2.88. The molecule has 0 amide bonds. The molecule has 0 unspecified atom stereocenters. The first-order chi connectivity index (χ1) is 6.93. The second kappa shape index (κ2) is 4.52. The molecule has 1 rings (SSSR count). The molecule has 15 heavy (non-hydrogen) atoms. The summed E-state index contributed by atoms with van der Waals surface area (Å²) in [5.41, 5.74) is 5.35. The minimum Gasteiger partial charge on any atom is -0.459 e. The molecule has 1 saturated carbocycles. The molecule has 0 aromatic heterocycles. The molecular weight excluding hydrogens is 190 g/mol. The number of carbonyl (C=O) groups excluding carboxylic acids is 1. The Bertz CT molecular complexity index is 230. The maximum atomic E-state index is 11.2. The van der Waals surface area contributed by atoms with Gasteiger partial charge in [-0.05, 0) is 25.7 Å². The Labute approximate surface area is 92.4 Å². The van der Waals surface area contributed by atoms with Crippen LogP contribution in [0.1, 0.15) is 52.9 Å². The molecule has 1 fully saturated rings. The van der Waals surface area contributed by atoms with Crippen molar-refractivity contribution in [3.8, 4) is 0 Å². The van der Waals surface area contributed by atoms with Crippen molar-refractivity contribution in [1.82, 2.24) is 0 Å². The van der Waals surface area contributed by atoms with Gasteiger partial charge in [-0.3, -0.25) is 4.79 Å². The van der Waals surface area contributed by atoms with E-state index in [0.717, 1.165) is 25.7 Å². The van der Waals surface area contributed by atoms with E-state index in [-0.39, 0.29) is 17.0 Å². The third-order valence-electron chi connectivity index (χ3n) is 3.74.